The molecule has 142 valence electrons. The van der Waals surface area contributed by atoms with E-state index >= 15 is 0 Å². The van der Waals surface area contributed by atoms with Gasteiger partial charge >= 0.3 is 6.18 Å². The number of fused-ring (bicyclic) bond motifs is 1. The van der Waals surface area contributed by atoms with Crippen molar-refractivity contribution in [1.29, 1.82) is 0 Å². The highest BCUT2D eigenvalue weighted by molar-refractivity contribution is 9.10. The molecule has 0 fully saturated rings. The van der Waals surface area contributed by atoms with E-state index < -0.39 is 17.6 Å². The SMILES string of the molecule is O=C(COc1cccc(Br)c1)NCc1nnc2c(Cl)cc(C(F)(F)F)cn12. The molecule has 0 spiro atoms. The quantitative estimate of drug-likeness (QED) is 0.624. The molecule has 0 radical (unpaired) electrons. The summed E-state index contributed by atoms with van der Waals surface area (Å²) in [5.74, 6) is 0.132. The van der Waals surface area contributed by atoms with Gasteiger partial charge in [0.15, 0.2) is 18.1 Å². The second-order valence-electron chi connectivity index (χ2n) is 5.41. The molecule has 1 aromatic carbocycles. The molecule has 6 nitrogen and oxygen atoms in total. The summed E-state index contributed by atoms with van der Waals surface area (Å²) in [6.07, 6.45) is -3.74. The van der Waals surface area contributed by atoms with Crippen LogP contribution in [0.15, 0.2) is 41.0 Å². The predicted octanol–water partition coefficient (Wildman–Crippen LogP) is 3.86. The van der Waals surface area contributed by atoms with Crippen LogP contribution in [0.4, 0.5) is 13.2 Å². The molecule has 0 saturated heterocycles. The summed E-state index contributed by atoms with van der Waals surface area (Å²) in [7, 11) is 0. The third-order valence-electron chi connectivity index (χ3n) is 3.47. The molecule has 0 aliphatic rings. The van der Waals surface area contributed by atoms with Crippen molar-refractivity contribution in [3.63, 3.8) is 0 Å². The van der Waals surface area contributed by atoms with Gasteiger partial charge in [-0.1, -0.05) is 33.6 Å². The Morgan fingerprint density at radius 3 is 2.78 bits per heavy atom. The molecular formula is C16H11BrClF3N4O2. The van der Waals surface area contributed by atoms with Crippen LogP contribution in [0.1, 0.15) is 11.4 Å². The fraction of sp³-hybridized carbons (Fsp3) is 0.188. The number of carbonyl (C=O) groups excluding carboxylic acids is 1. The number of nitrogens with one attached hydrogen (secondary N) is 1. The van der Waals surface area contributed by atoms with Crippen LogP contribution in [-0.2, 0) is 17.5 Å². The minimum Gasteiger partial charge on any atom is -0.484 e. The van der Waals surface area contributed by atoms with Gasteiger partial charge in [0.25, 0.3) is 5.91 Å². The van der Waals surface area contributed by atoms with Crippen molar-refractivity contribution in [2.45, 2.75) is 12.7 Å². The second-order valence-corrected chi connectivity index (χ2v) is 6.73. The van der Waals surface area contributed by atoms with Crippen LogP contribution in [0.2, 0.25) is 5.02 Å². The Kier molecular flexibility index (Phi) is 5.56. The number of halogens is 5. The van der Waals surface area contributed by atoms with Crippen molar-refractivity contribution in [3.8, 4) is 5.75 Å². The molecule has 3 aromatic rings. The van der Waals surface area contributed by atoms with Crippen molar-refractivity contribution in [2.24, 2.45) is 0 Å². The highest BCUT2D eigenvalue weighted by Crippen LogP contribution is 2.32. The van der Waals surface area contributed by atoms with Crippen LogP contribution in [-0.4, -0.2) is 27.1 Å². The van der Waals surface area contributed by atoms with Crippen molar-refractivity contribution in [1.82, 2.24) is 19.9 Å². The molecule has 0 aliphatic carbocycles. The summed E-state index contributed by atoms with van der Waals surface area (Å²) in [5.41, 5.74) is -0.871. The van der Waals surface area contributed by atoms with Gasteiger partial charge in [0.1, 0.15) is 5.75 Å². The Bertz CT molecular complexity index is 993. The van der Waals surface area contributed by atoms with Crippen molar-refractivity contribution < 1.29 is 22.7 Å². The van der Waals surface area contributed by atoms with Crippen LogP contribution < -0.4 is 10.1 Å². The van der Waals surface area contributed by atoms with Gasteiger partial charge in [-0.15, -0.1) is 10.2 Å². The van der Waals surface area contributed by atoms with E-state index in [0.717, 1.165) is 21.1 Å². The normalized spacial score (nSPS) is 11.6. The molecule has 1 N–H and O–H groups in total. The average Bonchev–Trinajstić information content (AvgIpc) is 3.01. The zero-order chi connectivity index (χ0) is 19.6. The Morgan fingerprint density at radius 1 is 1.30 bits per heavy atom. The van der Waals surface area contributed by atoms with Crippen LogP contribution in [0.5, 0.6) is 5.75 Å². The third kappa shape index (κ3) is 4.69. The van der Waals surface area contributed by atoms with E-state index in [1.165, 1.54) is 0 Å². The van der Waals surface area contributed by atoms with Gasteiger partial charge in [0, 0.05) is 10.7 Å². The molecule has 0 aliphatic heterocycles. The standard InChI is InChI=1S/C16H11BrClF3N4O2/c17-10-2-1-3-11(5-10)27-8-14(26)22-6-13-23-24-15-12(18)4-9(7-25(13)15)16(19,20)21/h1-5,7H,6,8H2,(H,22,26). The molecular weight excluding hydrogens is 453 g/mol. The van der Waals surface area contributed by atoms with E-state index in [9.17, 15) is 18.0 Å². The van der Waals surface area contributed by atoms with Gasteiger partial charge in [-0.25, -0.2) is 0 Å². The lowest BCUT2D eigenvalue weighted by Gasteiger charge is -2.09. The van der Waals surface area contributed by atoms with E-state index in [0.29, 0.717) is 5.75 Å². The first-order chi connectivity index (χ1) is 12.7. The monoisotopic (exact) mass is 462 g/mol. The summed E-state index contributed by atoms with van der Waals surface area (Å²) in [4.78, 5) is 11.9. The number of nitrogens with zero attached hydrogens (tertiary/aromatic N) is 3. The summed E-state index contributed by atoms with van der Waals surface area (Å²) >= 11 is 9.13. The van der Waals surface area contributed by atoms with Gasteiger partial charge in [-0.2, -0.15) is 13.2 Å². The predicted molar refractivity (Wildman–Crippen MR) is 94.5 cm³/mol. The zero-order valence-electron chi connectivity index (χ0n) is 13.4. The van der Waals surface area contributed by atoms with E-state index in [4.69, 9.17) is 16.3 Å². The van der Waals surface area contributed by atoms with Gasteiger partial charge in [-0.3, -0.25) is 9.20 Å². The Morgan fingerprint density at radius 2 is 2.07 bits per heavy atom. The average molecular weight is 464 g/mol. The number of alkyl halides is 3. The highest BCUT2D eigenvalue weighted by atomic mass is 79.9. The summed E-state index contributed by atoms with van der Waals surface area (Å²) < 4.78 is 46.0. The maximum atomic E-state index is 12.9. The number of hydrogen-bond donors (Lipinski definition) is 1. The first kappa shape index (κ1) is 19.4. The maximum Gasteiger partial charge on any atom is 0.417 e. The molecule has 11 heteroatoms. The lowest BCUT2D eigenvalue weighted by molar-refractivity contribution is -0.137. The van der Waals surface area contributed by atoms with Gasteiger partial charge in [0.2, 0.25) is 0 Å². The smallest absolute Gasteiger partial charge is 0.417 e. The fourth-order valence-electron chi connectivity index (χ4n) is 2.21. The van der Waals surface area contributed by atoms with Crippen LogP contribution in [0, 0.1) is 0 Å². The summed E-state index contributed by atoms with van der Waals surface area (Å²) in [6, 6.07) is 7.72. The lowest BCUT2D eigenvalue weighted by atomic mass is 10.3. The Hall–Kier alpha value is -2.33. The summed E-state index contributed by atoms with van der Waals surface area (Å²) in [6.45, 7) is -0.402. The number of benzene rings is 1. The number of aromatic nitrogens is 3. The molecule has 0 bridgehead atoms. The van der Waals surface area contributed by atoms with Gasteiger partial charge in [0.05, 0.1) is 17.1 Å². The maximum absolute atomic E-state index is 12.9. The van der Waals surface area contributed by atoms with E-state index in [1.54, 1.807) is 18.2 Å². The Labute approximate surface area is 164 Å². The number of hydrogen-bond acceptors (Lipinski definition) is 4. The van der Waals surface area contributed by atoms with Crippen molar-refractivity contribution in [3.05, 3.63) is 57.4 Å². The largest absolute Gasteiger partial charge is 0.484 e. The number of amides is 1. The molecule has 2 heterocycles. The molecule has 1 amide bonds. The molecule has 0 atom stereocenters. The molecule has 0 saturated carbocycles. The van der Waals surface area contributed by atoms with E-state index in [2.05, 4.69) is 31.4 Å². The van der Waals surface area contributed by atoms with Gasteiger partial charge in [-0.05, 0) is 24.3 Å². The Balaban J connectivity index is 1.68. The fourth-order valence-corrected chi connectivity index (χ4v) is 2.83. The minimum absolute atomic E-state index is 0.0688. The van der Waals surface area contributed by atoms with Crippen LogP contribution in [0.25, 0.3) is 5.65 Å². The molecule has 0 unspecified atom stereocenters. The first-order valence-electron chi connectivity index (χ1n) is 7.49. The minimum atomic E-state index is -4.57. The van der Waals surface area contributed by atoms with E-state index in [-0.39, 0.29) is 29.6 Å². The van der Waals surface area contributed by atoms with Gasteiger partial charge < -0.3 is 10.1 Å². The van der Waals surface area contributed by atoms with E-state index in [1.807, 2.05) is 6.07 Å². The topological polar surface area (TPSA) is 68.5 Å². The molecule has 27 heavy (non-hydrogen) atoms. The zero-order valence-corrected chi connectivity index (χ0v) is 15.8. The number of ether oxygens (including phenoxy) is 1. The third-order valence-corrected chi connectivity index (χ3v) is 4.24. The highest BCUT2D eigenvalue weighted by Gasteiger charge is 2.32. The van der Waals surface area contributed by atoms with Crippen LogP contribution in [0.3, 0.4) is 0 Å². The first-order valence-corrected chi connectivity index (χ1v) is 8.66. The number of rotatable bonds is 5. The molecule has 3 rings (SSSR count). The van der Waals surface area contributed by atoms with Crippen molar-refractivity contribution >= 4 is 39.1 Å². The molecule has 2 aromatic heterocycles. The number of carbonyl (C=O) groups is 1. The second kappa shape index (κ2) is 7.73. The number of pyridine rings is 1. The van der Waals surface area contributed by atoms with Crippen LogP contribution >= 0.6 is 27.5 Å². The van der Waals surface area contributed by atoms with Crippen molar-refractivity contribution in [2.75, 3.05) is 6.61 Å². The summed E-state index contributed by atoms with van der Waals surface area (Å²) in [5, 5.41) is 9.86. The lowest BCUT2D eigenvalue weighted by Crippen LogP contribution is -2.29.